The zero-order chi connectivity index (χ0) is 20.4. The van der Waals surface area contributed by atoms with Crippen molar-refractivity contribution in [3.63, 3.8) is 0 Å². The summed E-state index contributed by atoms with van der Waals surface area (Å²) in [5.74, 6) is -1.20. The van der Waals surface area contributed by atoms with E-state index in [9.17, 15) is 18.0 Å². The van der Waals surface area contributed by atoms with Crippen LogP contribution >= 0.6 is 0 Å². The maximum absolute atomic E-state index is 12.9. The van der Waals surface area contributed by atoms with Gasteiger partial charge in [-0.25, -0.2) is 4.79 Å². The Labute approximate surface area is 156 Å². The lowest BCUT2D eigenvalue weighted by atomic mass is 9.92. The van der Waals surface area contributed by atoms with E-state index >= 15 is 0 Å². The number of nitrogens with one attached hydrogen (secondary N) is 1. The first-order chi connectivity index (χ1) is 12.6. The Hall–Kier alpha value is -2.63. The summed E-state index contributed by atoms with van der Waals surface area (Å²) in [4.78, 5) is 11.8. The number of methoxy groups -OCH3 is 1. The van der Waals surface area contributed by atoms with Crippen molar-refractivity contribution >= 4 is 17.3 Å². The van der Waals surface area contributed by atoms with E-state index in [1.54, 1.807) is 0 Å². The van der Waals surface area contributed by atoms with Crippen LogP contribution in [0.15, 0.2) is 47.6 Å². The first kappa shape index (κ1) is 20.7. The molecule has 0 heterocycles. The topological polar surface area (TPSA) is 50.2 Å². The molecule has 1 aliphatic rings. The van der Waals surface area contributed by atoms with Crippen molar-refractivity contribution in [3.8, 4) is 0 Å². The summed E-state index contributed by atoms with van der Waals surface area (Å²) in [6.45, 7) is 7.84. The number of ether oxygens (including phenoxy) is 1. The van der Waals surface area contributed by atoms with Crippen molar-refractivity contribution in [2.75, 3.05) is 7.11 Å². The molecular formula is C21H22F3NO2. The molecule has 0 amide bonds. The van der Waals surface area contributed by atoms with Crippen LogP contribution in [0.25, 0.3) is 5.57 Å². The number of carbonyl (C=O) groups excluding carboxylic acids is 1. The first-order valence-corrected chi connectivity index (χ1v) is 8.51. The minimum Gasteiger partial charge on any atom is -0.465 e. The number of hydrogen-bond donors (Lipinski definition) is 1. The molecule has 1 aromatic carbocycles. The molecule has 1 aliphatic carbocycles. The Balaban J connectivity index is 2.52. The molecule has 144 valence electrons. The number of hydrogen-bond acceptors (Lipinski definition) is 3. The molecule has 1 aromatic rings. The minimum atomic E-state index is -4.94. The molecule has 0 atom stereocenters. The Morgan fingerprint density at radius 3 is 2.52 bits per heavy atom. The zero-order valence-electron chi connectivity index (χ0n) is 15.6. The molecule has 0 radical (unpaired) electrons. The van der Waals surface area contributed by atoms with E-state index in [1.165, 1.54) is 0 Å². The monoisotopic (exact) mass is 377 g/mol. The van der Waals surface area contributed by atoms with Gasteiger partial charge in [-0.1, -0.05) is 30.3 Å². The number of alkyl halides is 3. The lowest BCUT2D eigenvalue weighted by molar-refractivity contribution is -0.136. The van der Waals surface area contributed by atoms with Gasteiger partial charge in [-0.2, -0.15) is 13.2 Å². The minimum absolute atomic E-state index is 0.304. The van der Waals surface area contributed by atoms with E-state index in [4.69, 9.17) is 5.41 Å². The van der Waals surface area contributed by atoms with E-state index in [1.807, 2.05) is 32.0 Å². The SMILES string of the molecule is C=C(/C=C(\C(=N)C(F)(F)F)C(=O)OC)C1=C(c2cc(C)ccc2C)CCC1. The molecule has 6 heteroatoms. The predicted octanol–water partition coefficient (Wildman–Crippen LogP) is 5.48. The quantitative estimate of drug-likeness (QED) is 0.320. The Morgan fingerprint density at radius 2 is 1.93 bits per heavy atom. The predicted molar refractivity (Wildman–Crippen MR) is 99.7 cm³/mol. The lowest BCUT2D eigenvalue weighted by Crippen LogP contribution is -2.28. The van der Waals surface area contributed by atoms with Gasteiger partial charge in [0.2, 0.25) is 0 Å². The molecule has 2 rings (SSSR count). The fourth-order valence-electron chi connectivity index (χ4n) is 3.21. The average Bonchev–Trinajstić information content (AvgIpc) is 3.09. The van der Waals surface area contributed by atoms with Gasteiger partial charge in [0.05, 0.1) is 12.7 Å². The van der Waals surface area contributed by atoms with E-state index in [0.717, 1.165) is 53.9 Å². The highest BCUT2D eigenvalue weighted by atomic mass is 19.4. The van der Waals surface area contributed by atoms with Crippen LogP contribution in [0.2, 0.25) is 0 Å². The molecule has 0 saturated heterocycles. The highest BCUT2D eigenvalue weighted by Crippen LogP contribution is 2.39. The number of rotatable bonds is 5. The van der Waals surface area contributed by atoms with Crippen molar-refractivity contribution in [3.05, 3.63) is 64.3 Å². The van der Waals surface area contributed by atoms with E-state index < -0.39 is 23.4 Å². The van der Waals surface area contributed by atoms with E-state index in [2.05, 4.69) is 11.3 Å². The van der Waals surface area contributed by atoms with Gasteiger partial charge < -0.3 is 4.74 Å². The fraction of sp³-hybridized carbons (Fsp3) is 0.333. The molecule has 0 aromatic heterocycles. The summed E-state index contributed by atoms with van der Waals surface area (Å²) < 4.78 is 43.3. The van der Waals surface area contributed by atoms with Gasteiger partial charge in [0, 0.05) is 0 Å². The lowest BCUT2D eigenvalue weighted by Gasteiger charge is -2.14. The highest BCUT2D eigenvalue weighted by Gasteiger charge is 2.39. The molecule has 0 spiro atoms. The molecular weight excluding hydrogens is 355 g/mol. The van der Waals surface area contributed by atoms with Crippen LogP contribution in [0.3, 0.4) is 0 Å². The zero-order valence-corrected chi connectivity index (χ0v) is 15.6. The molecule has 0 aliphatic heterocycles. The standard InChI is InChI=1S/C21H22F3NO2/c1-12-8-9-13(2)17(10-12)16-7-5-6-15(16)14(3)11-18(20(26)27-4)19(25)21(22,23)24/h8-11,25H,3,5-7H2,1-2,4H3/b18-11+,25-19?. The van der Waals surface area contributed by atoms with Crippen LogP contribution in [0, 0.1) is 19.3 Å². The molecule has 0 bridgehead atoms. The van der Waals surface area contributed by atoms with Crippen molar-refractivity contribution in [2.24, 2.45) is 0 Å². The maximum atomic E-state index is 12.9. The van der Waals surface area contributed by atoms with Crippen LogP contribution < -0.4 is 0 Å². The number of carbonyl (C=O) groups is 1. The third-order valence-corrected chi connectivity index (χ3v) is 4.60. The average molecular weight is 377 g/mol. The third kappa shape index (κ3) is 4.56. The van der Waals surface area contributed by atoms with Gasteiger partial charge in [0.15, 0.2) is 5.71 Å². The third-order valence-electron chi connectivity index (χ3n) is 4.60. The maximum Gasteiger partial charge on any atom is 0.433 e. The number of aryl methyl sites for hydroxylation is 2. The summed E-state index contributed by atoms with van der Waals surface area (Å²) in [6, 6.07) is 6.06. The van der Waals surface area contributed by atoms with Crippen LogP contribution in [0.1, 0.15) is 36.0 Å². The normalized spacial score (nSPS) is 15.1. The largest absolute Gasteiger partial charge is 0.465 e. The smallest absolute Gasteiger partial charge is 0.433 e. The number of allylic oxidation sites excluding steroid dienone is 4. The summed E-state index contributed by atoms with van der Waals surface area (Å²) in [7, 11) is 0.985. The van der Waals surface area contributed by atoms with Crippen LogP contribution in [-0.4, -0.2) is 25.0 Å². The summed E-state index contributed by atoms with van der Waals surface area (Å²) in [5, 5.41) is 7.32. The van der Waals surface area contributed by atoms with Gasteiger partial charge in [-0.3, -0.25) is 5.41 Å². The molecule has 3 nitrogen and oxygen atoms in total. The summed E-state index contributed by atoms with van der Waals surface area (Å²) in [6.07, 6.45) is -1.62. The fourth-order valence-corrected chi connectivity index (χ4v) is 3.21. The van der Waals surface area contributed by atoms with Crippen molar-refractivity contribution in [1.82, 2.24) is 0 Å². The van der Waals surface area contributed by atoms with Crippen LogP contribution in [-0.2, 0) is 9.53 Å². The second-order valence-corrected chi connectivity index (χ2v) is 6.58. The van der Waals surface area contributed by atoms with E-state index in [0.29, 0.717) is 12.0 Å². The molecule has 0 unspecified atom stereocenters. The summed E-state index contributed by atoms with van der Waals surface area (Å²) >= 11 is 0. The molecule has 0 saturated carbocycles. The second kappa shape index (κ2) is 7.94. The Bertz CT molecular complexity index is 861. The molecule has 0 fully saturated rings. The van der Waals surface area contributed by atoms with Gasteiger partial charge in [0.25, 0.3) is 0 Å². The Morgan fingerprint density at radius 1 is 1.26 bits per heavy atom. The van der Waals surface area contributed by atoms with Crippen molar-refractivity contribution in [1.29, 1.82) is 5.41 Å². The number of halogens is 3. The van der Waals surface area contributed by atoms with E-state index in [-0.39, 0.29) is 0 Å². The first-order valence-electron chi connectivity index (χ1n) is 8.51. The number of esters is 1. The molecule has 1 N–H and O–H groups in total. The number of benzene rings is 1. The Kier molecular flexibility index (Phi) is 6.08. The van der Waals surface area contributed by atoms with Gasteiger partial charge >= 0.3 is 12.1 Å². The van der Waals surface area contributed by atoms with Gasteiger partial charge in [-0.15, -0.1) is 0 Å². The van der Waals surface area contributed by atoms with Crippen molar-refractivity contribution in [2.45, 2.75) is 39.3 Å². The van der Waals surface area contributed by atoms with Gasteiger partial charge in [0.1, 0.15) is 0 Å². The molecule has 27 heavy (non-hydrogen) atoms. The van der Waals surface area contributed by atoms with Gasteiger partial charge in [-0.05, 0) is 67.0 Å². The highest BCUT2D eigenvalue weighted by molar-refractivity contribution is 6.21. The van der Waals surface area contributed by atoms with Crippen LogP contribution in [0.5, 0.6) is 0 Å². The van der Waals surface area contributed by atoms with Crippen LogP contribution in [0.4, 0.5) is 13.2 Å². The summed E-state index contributed by atoms with van der Waals surface area (Å²) in [5.41, 5.74) is 2.78. The van der Waals surface area contributed by atoms with Crippen molar-refractivity contribution < 1.29 is 22.7 Å². The second-order valence-electron chi connectivity index (χ2n) is 6.58.